The number of nitrogens with one attached hydrogen (secondary N) is 1. The SMILES string of the molecule is Cc1ccc2nc(C)c(C(=O)NC(C)c3ccc(F)cc3)n2c1. The molecule has 0 fully saturated rings. The summed E-state index contributed by atoms with van der Waals surface area (Å²) in [6, 6.07) is 9.75. The van der Waals surface area contributed by atoms with E-state index in [2.05, 4.69) is 10.3 Å². The Morgan fingerprint density at radius 3 is 2.57 bits per heavy atom. The summed E-state index contributed by atoms with van der Waals surface area (Å²) in [5.74, 6) is -0.488. The predicted molar refractivity (Wildman–Crippen MR) is 86.9 cm³/mol. The Labute approximate surface area is 134 Å². The van der Waals surface area contributed by atoms with Crippen LogP contribution in [-0.4, -0.2) is 15.3 Å². The molecule has 5 heteroatoms. The van der Waals surface area contributed by atoms with Gasteiger partial charge in [-0.15, -0.1) is 0 Å². The van der Waals surface area contributed by atoms with Gasteiger partial charge in [0.15, 0.2) is 0 Å². The van der Waals surface area contributed by atoms with Crippen LogP contribution in [0.1, 0.15) is 40.3 Å². The lowest BCUT2D eigenvalue weighted by Gasteiger charge is -2.14. The standard InChI is InChI=1S/C18H18FN3O/c1-11-4-9-16-20-13(3)17(22(16)10-11)18(23)21-12(2)14-5-7-15(19)8-6-14/h4-10,12H,1-3H3,(H,21,23). The molecule has 1 amide bonds. The molecule has 4 nitrogen and oxygen atoms in total. The van der Waals surface area contributed by atoms with Crippen molar-refractivity contribution in [1.29, 1.82) is 0 Å². The third kappa shape index (κ3) is 2.95. The number of carbonyl (C=O) groups is 1. The van der Waals surface area contributed by atoms with Gasteiger partial charge in [0, 0.05) is 6.20 Å². The van der Waals surface area contributed by atoms with Crippen molar-refractivity contribution in [3.63, 3.8) is 0 Å². The molecule has 2 aromatic heterocycles. The van der Waals surface area contributed by atoms with Crippen LogP contribution in [0.3, 0.4) is 0 Å². The number of imidazole rings is 1. The summed E-state index contributed by atoms with van der Waals surface area (Å²) >= 11 is 0. The number of fused-ring (bicyclic) bond motifs is 1. The number of hydrogen-bond donors (Lipinski definition) is 1. The van der Waals surface area contributed by atoms with Crippen molar-refractivity contribution in [3.8, 4) is 0 Å². The molecule has 3 aromatic rings. The van der Waals surface area contributed by atoms with Gasteiger partial charge in [-0.25, -0.2) is 9.37 Å². The Kier molecular flexibility index (Phi) is 3.86. The average Bonchev–Trinajstić information content (AvgIpc) is 2.83. The van der Waals surface area contributed by atoms with E-state index in [-0.39, 0.29) is 17.8 Å². The third-order valence-electron chi connectivity index (χ3n) is 3.87. The van der Waals surface area contributed by atoms with Crippen LogP contribution in [-0.2, 0) is 0 Å². The minimum atomic E-state index is -0.291. The van der Waals surface area contributed by atoms with Gasteiger partial charge in [0.25, 0.3) is 5.91 Å². The molecule has 0 bridgehead atoms. The average molecular weight is 311 g/mol. The fourth-order valence-corrected chi connectivity index (χ4v) is 2.64. The monoisotopic (exact) mass is 311 g/mol. The highest BCUT2D eigenvalue weighted by Crippen LogP contribution is 2.17. The largest absolute Gasteiger partial charge is 0.344 e. The molecule has 0 spiro atoms. The first-order valence-corrected chi connectivity index (χ1v) is 7.47. The second-order valence-corrected chi connectivity index (χ2v) is 5.73. The highest BCUT2D eigenvalue weighted by atomic mass is 19.1. The number of hydrogen-bond acceptors (Lipinski definition) is 2. The molecular weight excluding hydrogens is 293 g/mol. The summed E-state index contributed by atoms with van der Waals surface area (Å²) in [4.78, 5) is 17.1. The van der Waals surface area contributed by atoms with Crippen LogP contribution in [0.2, 0.25) is 0 Å². The van der Waals surface area contributed by atoms with Crippen molar-refractivity contribution in [1.82, 2.24) is 14.7 Å². The number of rotatable bonds is 3. The summed E-state index contributed by atoms with van der Waals surface area (Å²) in [5, 5.41) is 2.95. The summed E-state index contributed by atoms with van der Waals surface area (Å²) in [7, 11) is 0. The maximum absolute atomic E-state index is 13.0. The number of halogens is 1. The molecule has 1 aromatic carbocycles. The van der Waals surface area contributed by atoms with Crippen molar-refractivity contribution in [2.45, 2.75) is 26.8 Å². The van der Waals surface area contributed by atoms with Crippen LogP contribution in [0.5, 0.6) is 0 Å². The summed E-state index contributed by atoms with van der Waals surface area (Å²) in [6.45, 7) is 5.66. The minimum absolute atomic E-state index is 0.197. The predicted octanol–water partition coefficient (Wildman–Crippen LogP) is 3.58. The lowest BCUT2D eigenvalue weighted by molar-refractivity contribution is 0.0933. The summed E-state index contributed by atoms with van der Waals surface area (Å²) in [5.41, 5.74) is 3.85. The second kappa shape index (κ2) is 5.83. The van der Waals surface area contributed by atoms with Gasteiger partial charge in [0.2, 0.25) is 0 Å². The maximum Gasteiger partial charge on any atom is 0.270 e. The number of aromatic nitrogens is 2. The lowest BCUT2D eigenvalue weighted by Crippen LogP contribution is -2.28. The number of carbonyl (C=O) groups excluding carboxylic acids is 1. The zero-order valence-corrected chi connectivity index (χ0v) is 13.3. The minimum Gasteiger partial charge on any atom is -0.344 e. The molecule has 23 heavy (non-hydrogen) atoms. The Bertz CT molecular complexity index is 868. The fraction of sp³-hybridized carbons (Fsp3) is 0.222. The first-order valence-electron chi connectivity index (χ1n) is 7.47. The summed E-state index contributed by atoms with van der Waals surface area (Å²) < 4.78 is 14.8. The van der Waals surface area contributed by atoms with Crippen LogP contribution < -0.4 is 5.32 Å². The Balaban J connectivity index is 1.90. The molecule has 2 heterocycles. The molecule has 0 radical (unpaired) electrons. The zero-order valence-electron chi connectivity index (χ0n) is 13.3. The van der Waals surface area contributed by atoms with Crippen LogP contribution in [0, 0.1) is 19.7 Å². The van der Waals surface area contributed by atoms with Crippen molar-refractivity contribution < 1.29 is 9.18 Å². The first kappa shape index (κ1) is 15.2. The lowest BCUT2D eigenvalue weighted by atomic mass is 10.1. The molecule has 1 atom stereocenters. The molecule has 0 aliphatic carbocycles. The van der Waals surface area contributed by atoms with Crippen LogP contribution in [0.25, 0.3) is 5.65 Å². The Morgan fingerprint density at radius 2 is 1.87 bits per heavy atom. The topological polar surface area (TPSA) is 46.4 Å². The van der Waals surface area contributed by atoms with Gasteiger partial charge in [0.1, 0.15) is 17.2 Å². The van der Waals surface area contributed by atoms with E-state index in [1.165, 1.54) is 12.1 Å². The van der Waals surface area contributed by atoms with E-state index in [1.54, 1.807) is 16.5 Å². The van der Waals surface area contributed by atoms with E-state index >= 15 is 0 Å². The number of amides is 1. The third-order valence-corrected chi connectivity index (χ3v) is 3.87. The van der Waals surface area contributed by atoms with E-state index in [9.17, 15) is 9.18 Å². The Hall–Kier alpha value is -2.69. The molecule has 1 unspecified atom stereocenters. The van der Waals surface area contributed by atoms with Crippen LogP contribution in [0.15, 0.2) is 42.6 Å². The zero-order chi connectivity index (χ0) is 16.6. The fourth-order valence-electron chi connectivity index (χ4n) is 2.64. The van der Waals surface area contributed by atoms with Crippen LogP contribution in [0.4, 0.5) is 4.39 Å². The van der Waals surface area contributed by atoms with Crippen molar-refractivity contribution >= 4 is 11.6 Å². The number of pyridine rings is 1. The van der Waals surface area contributed by atoms with Crippen molar-refractivity contribution in [2.75, 3.05) is 0 Å². The number of benzene rings is 1. The molecule has 118 valence electrons. The normalized spacial score (nSPS) is 12.3. The molecule has 0 aliphatic rings. The molecule has 0 saturated heterocycles. The quantitative estimate of drug-likeness (QED) is 0.803. The highest BCUT2D eigenvalue weighted by molar-refractivity contribution is 5.94. The van der Waals surface area contributed by atoms with E-state index in [0.717, 1.165) is 16.8 Å². The van der Waals surface area contributed by atoms with Crippen molar-refractivity contribution in [3.05, 3.63) is 70.9 Å². The molecular formula is C18H18FN3O. The van der Waals surface area contributed by atoms with Gasteiger partial charge in [-0.1, -0.05) is 18.2 Å². The molecule has 0 aliphatic heterocycles. The summed E-state index contributed by atoms with van der Waals surface area (Å²) in [6.07, 6.45) is 1.90. The van der Waals surface area contributed by atoms with E-state index < -0.39 is 0 Å². The smallest absolute Gasteiger partial charge is 0.270 e. The van der Waals surface area contributed by atoms with Gasteiger partial charge < -0.3 is 5.32 Å². The van der Waals surface area contributed by atoms with Gasteiger partial charge >= 0.3 is 0 Å². The van der Waals surface area contributed by atoms with E-state index in [4.69, 9.17) is 0 Å². The molecule has 1 N–H and O–H groups in total. The van der Waals surface area contributed by atoms with Crippen LogP contribution >= 0.6 is 0 Å². The number of nitrogens with zero attached hydrogens (tertiary/aromatic N) is 2. The number of aryl methyl sites for hydroxylation is 2. The van der Waals surface area contributed by atoms with Gasteiger partial charge in [-0.05, 0) is 50.1 Å². The molecule has 3 rings (SSSR count). The Morgan fingerprint density at radius 1 is 1.17 bits per heavy atom. The highest BCUT2D eigenvalue weighted by Gasteiger charge is 2.19. The van der Waals surface area contributed by atoms with Gasteiger partial charge in [0.05, 0.1) is 11.7 Å². The molecule has 0 saturated carbocycles. The van der Waals surface area contributed by atoms with E-state index in [0.29, 0.717) is 11.4 Å². The van der Waals surface area contributed by atoms with Gasteiger partial charge in [-0.3, -0.25) is 9.20 Å². The van der Waals surface area contributed by atoms with Gasteiger partial charge in [-0.2, -0.15) is 0 Å². The van der Waals surface area contributed by atoms with E-state index in [1.807, 2.05) is 39.1 Å². The maximum atomic E-state index is 13.0. The first-order chi connectivity index (χ1) is 11.0. The second-order valence-electron chi connectivity index (χ2n) is 5.73. The van der Waals surface area contributed by atoms with Crippen molar-refractivity contribution in [2.24, 2.45) is 0 Å².